The molecule has 7 heteroatoms. The Bertz CT molecular complexity index is 515. The van der Waals surface area contributed by atoms with E-state index >= 15 is 0 Å². The van der Waals surface area contributed by atoms with Crippen LogP contribution in [0.1, 0.15) is 39.0 Å². The molecule has 1 saturated carbocycles. The van der Waals surface area contributed by atoms with Gasteiger partial charge in [0.25, 0.3) is 0 Å². The number of sulfonamides is 1. The van der Waals surface area contributed by atoms with Crippen LogP contribution in [0.3, 0.4) is 0 Å². The van der Waals surface area contributed by atoms with Gasteiger partial charge in [-0.1, -0.05) is 26.2 Å². The van der Waals surface area contributed by atoms with Crippen LogP contribution in [-0.4, -0.2) is 24.4 Å². The molecular formula is C12H20N4O2S. The summed E-state index contributed by atoms with van der Waals surface area (Å²) in [5, 5.41) is 0. The van der Waals surface area contributed by atoms with Crippen LogP contribution in [0.25, 0.3) is 0 Å². The lowest BCUT2D eigenvalue weighted by atomic mass is 9.98. The van der Waals surface area contributed by atoms with Crippen LogP contribution in [0.4, 0.5) is 5.95 Å². The topological polar surface area (TPSA) is 98.0 Å². The zero-order valence-corrected chi connectivity index (χ0v) is 11.9. The SMILES string of the molecule is CC1CCCCCC1NS(=O)(=O)c1cnc(N)nc1. The molecule has 106 valence electrons. The van der Waals surface area contributed by atoms with Gasteiger partial charge in [0.1, 0.15) is 4.90 Å². The maximum absolute atomic E-state index is 12.2. The molecule has 2 unspecified atom stereocenters. The second-order valence-corrected chi connectivity index (χ2v) is 6.83. The van der Waals surface area contributed by atoms with Crippen LogP contribution < -0.4 is 10.5 Å². The van der Waals surface area contributed by atoms with Crippen molar-refractivity contribution in [3.63, 3.8) is 0 Å². The molecule has 1 aromatic rings. The van der Waals surface area contributed by atoms with E-state index in [-0.39, 0.29) is 16.9 Å². The first kappa shape index (κ1) is 14.2. The molecule has 0 bridgehead atoms. The largest absolute Gasteiger partial charge is 0.368 e. The Morgan fingerprint density at radius 3 is 2.53 bits per heavy atom. The summed E-state index contributed by atoms with van der Waals surface area (Å²) in [7, 11) is -3.56. The summed E-state index contributed by atoms with van der Waals surface area (Å²) in [4.78, 5) is 7.51. The average Bonchev–Trinajstić information content (AvgIpc) is 2.55. The Kier molecular flexibility index (Phi) is 4.36. The fourth-order valence-electron chi connectivity index (χ4n) is 2.40. The molecule has 6 nitrogen and oxygen atoms in total. The Hall–Kier alpha value is -1.21. The first-order valence-electron chi connectivity index (χ1n) is 6.59. The third kappa shape index (κ3) is 3.63. The van der Waals surface area contributed by atoms with Gasteiger partial charge in [-0.2, -0.15) is 0 Å². The normalized spacial score (nSPS) is 24.9. The molecule has 0 radical (unpaired) electrons. The van der Waals surface area contributed by atoms with E-state index in [4.69, 9.17) is 5.73 Å². The number of hydrogen-bond acceptors (Lipinski definition) is 5. The molecule has 3 N–H and O–H groups in total. The van der Waals surface area contributed by atoms with Gasteiger partial charge < -0.3 is 5.73 Å². The van der Waals surface area contributed by atoms with Crippen molar-refractivity contribution in [1.82, 2.24) is 14.7 Å². The number of aromatic nitrogens is 2. The summed E-state index contributed by atoms with van der Waals surface area (Å²) in [6.45, 7) is 2.10. The van der Waals surface area contributed by atoms with Crippen molar-refractivity contribution in [2.75, 3.05) is 5.73 Å². The van der Waals surface area contributed by atoms with Crippen LogP contribution in [0.2, 0.25) is 0 Å². The van der Waals surface area contributed by atoms with Crippen LogP contribution in [0.5, 0.6) is 0 Å². The highest BCUT2D eigenvalue weighted by Crippen LogP contribution is 2.24. The van der Waals surface area contributed by atoms with E-state index in [1.807, 2.05) is 0 Å². The summed E-state index contributed by atoms with van der Waals surface area (Å²) in [5.41, 5.74) is 5.36. The minimum Gasteiger partial charge on any atom is -0.368 e. The lowest BCUT2D eigenvalue weighted by Gasteiger charge is -2.22. The second-order valence-electron chi connectivity index (χ2n) is 5.12. The predicted molar refractivity (Wildman–Crippen MR) is 72.8 cm³/mol. The fraction of sp³-hybridized carbons (Fsp3) is 0.667. The molecule has 0 aliphatic heterocycles. The molecule has 0 amide bonds. The molecule has 1 aliphatic carbocycles. The van der Waals surface area contributed by atoms with Gasteiger partial charge in [-0.15, -0.1) is 0 Å². The van der Waals surface area contributed by atoms with Crippen molar-refractivity contribution in [1.29, 1.82) is 0 Å². The minimum atomic E-state index is -3.56. The Morgan fingerprint density at radius 2 is 1.84 bits per heavy atom. The molecule has 0 aromatic carbocycles. The van der Waals surface area contributed by atoms with Crippen molar-refractivity contribution in [2.24, 2.45) is 5.92 Å². The van der Waals surface area contributed by atoms with Crippen molar-refractivity contribution >= 4 is 16.0 Å². The highest BCUT2D eigenvalue weighted by Gasteiger charge is 2.26. The molecular weight excluding hydrogens is 264 g/mol. The average molecular weight is 284 g/mol. The number of rotatable bonds is 3. The second kappa shape index (κ2) is 5.83. The summed E-state index contributed by atoms with van der Waals surface area (Å²) < 4.78 is 27.2. The molecule has 2 rings (SSSR count). The van der Waals surface area contributed by atoms with E-state index in [0.29, 0.717) is 5.92 Å². The lowest BCUT2D eigenvalue weighted by molar-refractivity contribution is 0.399. The summed E-state index contributed by atoms with van der Waals surface area (Å²) in [5.74, 6) is 0.425. The number of nitrogens with two attached hydrogens (primary N) is 1. The van der Waals surface area contributed by atoms with Crippen LogP contribution >= 0.6 is 0 Å². The van der Waals surface area contributed by atoms with E-state index in [1.165, 1.54) is 25.2 Å². The van der Waals surface area contributed by atoms with Crippen molar-refractivity contribution in [2.45, 2.75) is 50.0 Å². The standard InChI is InChI=1S/C12H20N4O2S/c1-9-5-3-2-4-6-11(9)16-19(17,18)10-7-14-12(13)15-8-10/h7-9,11,16H,2-6H2,1H3,(H2,13,14,15). The lowest BCUT2D eigenvalue weighted by Crippen LogP contribution is -2.38. The highest BCUT2D eigenvalue weighted by atomic mass is 32.2. The number of hydrogen-bond donors (Lipinski definition) is 2. The zero-order valence-electron chi connectivity index (χ0n) is 11.0. The maximum atomic E-state index is 12.2. The van der Waals surface area contributed by atoms with Crippen molar-refractivity contribution in [3.05, 3.63) is 12.4 Å². The van der Waals surface area contributed by atoms with E-state index in [1.54, 1.807) is 0 Å². The summed E-state index contributed by atoms with van der Waals surface area (Å²) in [6, 6.07) is -0.00921. The molecule has 0 saturated heterocycles. The molecule has 1 heterocycles. The third-order valence-corrected chi connectivity index (χ3v) is 5.07. The first-order valence-corrected chi connectivity index (χ1v) is 8.07. The summed E-state index contributed by atoms with van der Waals surface area (Å²) >= 11 is 0. The number of nitrogens with one attached hydrogen (secondary N) is 1. The smallest absolute Gasteiger partial charge is 0.243 e. The van der Waals surface area contributed by atoms with E-state index in [2.05, 4.69) is 21.6 Å². The van der Waals surface area contributed by atoms with Crippen molar-refractivity contribution in [3.8, 4) is 0 Å². The van der Waals surface area contributed by atoms with Gasteiger partial charge in [-0.25, -0.2) is 23.1 Å². The predicted octanol–water partition coefficient (Wildman–Crippen LogP) is 1.31. The molecule has 2 atom stereocenters. The van der Waals surface area contributed by atoms with Gasteiger partial charge in [0, 0.05) is 6.04 Å². The van der Waals surface area contributed by atoms with E-state index in [9.17, 15) is 8.42 Å². The zero-order chi connectivity index (χ0) is 13.9. The third-order valence-electron chi connectivity index (χ3n) is 3.63. The maximum Gasteiger partial charge on any atom is 0.243 e. The van der Waals surface area contributed by atoms with Crippen LogP contribution in [-0.2, 0) is 10.0 Å². The van der Waals surface area contributed by atoms with Gasteiger partial charge >= 0.3 is 0 Å². The number of nitrogen functional groups attached to an aromatic ring is 1. The Morgan fingerprint density at radius 1 is 1.21 bits per heavy atom. The molecule has 19 heavy (non-hydrogen) atoms. The fourth-order valence-corrected chi connectivity index (χ4v) is 3.67. The van der Waals surface area contributed by atoms with Crippen LogP contribution in [0, 0.1) is 5.92 Å². The van der Waals surface area contributed by atoms with E-state index in [0.717, 1.165) is 19.3 Å². The van der Waals surface area contributed by atoms with Crippen molar-refractivity contribution < 1.29 is 8.42 Å². The quantitative estimate of drug-likeness (QED) is 0.815. The Balaban J connectivity index is 2.13. The van der Waals surface area contributed by atoms with Crippen LogP contribution in [0.15, 0.2) is 17.3 Å². The van der Waals surface area contributed by atoms with Gasteiger partial charge in [0.15, 0.2) is 0 Å². The Labute approximate surface area is 113 Å². The molecule has 1 fully saturated rings. The van der Waals surface area contributed by atoms with Gasteiger partial charge in [0.2, 0.25) is 16.0 Å². The number of anilines is 1. The highest BCUT2D eigenvalue weighted by molar-refractivity contribution is 7.89. The molecule has 0 spiro atoms. The minimum absolute atomic E-state index is 0.00921. The number of nitrogens with zero attached hydrogens (tertiary/aromatic N) is 2. The molecule has 1 aromatic heterocycles. The van der Waals surface area contributed by atoms with E-state index < -0.39 is 10.0 Å². The summed E-state index contributed by atoms with van der Waals surface area (Å²) in [6.07, 6.45) is 7.84. The van der Waals surface area contributed by atoms with Gasteiger partial charge in [-0.05, 0) is 18.8 Å². The first-order chi connectivity index (χ1) is 8.99. The van der Waals surface area contributed by atoms with Gasteiger partial charge in [0.05, 0.1) is 12.4 Å². The monoisotopic (exact) mass is 284 g/mol. The van der Waals surface area contributed by atoms with Gasteiger partial charge in [-0.3, -0.25) is 0 Å². The molecule has 1 aliphatic rings.